The molecule has 4 rings (SSSR count). The highest BCUT2D eigenvalue weighted by atomic mass is 16.5. The number of piperazine rings is 1. The molecule has 1 aromatic carbocycles. The van der Waals surface area contributed by atoms with Crippen LogP contribution in [0.25, 0.3) is 0 Å². The number of rotatable bonds is 4. The van der Waals surface area contributed by atoms with E-state index in [0.717, 1.165) is 77.6 Å². The molecule has 0 aliphatic carbocycles. The van der Waals surface area contributed by atoms with E-state index >= 15 is 0 Å². The highest BCUT2D eigenvalue weighted by Crippen LogP contribution is 2.28. The first-order chi connectivity index (χ1) is 13.2. The van der Waals surface area contributed by atoms with Crippen LogP contribution in [0.4, 0.5) is 0 Å². The molecule has 1 N–H and O–H groups in total. The maximum atomic E-state index is 12.1. The summed E-state index contributed by atoms with van der Waals surface area (Å²) in [5.74, 6) is 1.17. The van der Waals surface area contributed by atoms with Crippen LogP contribution in [0.3, 0.4) is 0 Å². The lowest BCUT2D eigenvalue weighted by atomic mass is 10.0. The minimum absolute atomic E-state index is 0.0208. The summed E-state index contributed by atoms with van der Waals surface area (Å²) in [6.07, 6.45) is 3.06. The largest absolute Gasteiger partial charge is 0.492 e. The van der Waals surface area contributed by atoms with Gasteiger partial charge in [-0.25, -0.2) is 0 Å². The van der Waals surface area contributed by atoms with E-state index in [2.05, 4.69) is 40.2 Å². The topological polar surface area (TPSA) is 54.0 Å². The van der Waals surface area contributed by atoms with Gasteiger partial charge in [0.25, 0.3) is 0 Å². The van der Waals surface area contributed by atoms with E-state index in [1.807, 2.05) is 0 Å². The van der Waals surface area contributed by atoms with Crippen LogP contribution in [0.15, 0.2) is 18.2 Å². The lowest BCUT2D eigenvalue weighted by molar-refractivity contribution is -0.129. The number of hydrogen-bond donors (Lipinski definition) is 1. The lowest BCUT2D eigenvalue weighted by Gasteiger charge is -2.34. The van der Waals surface area contributed by atoms with E-state index in [0.29, 0.717) is 6.04 Å². The average molecular weight is 373 g/mol. The maximum absolute atomic E-state index is 12.1. The number of hydrogen-bond acceptors (Lipinski definition) is 5. The summed E-state index contributed by atoms with van der Waals surface area (Å²) in [6.45, 7) is 8.93. The van der Waals surface area contributed by atoms with Gasteiger partial charge >= 0.3 is 0 Å². The highest BCUT2D eigenvalue weighted by Gasteiger charge is 2.29. The predicted octanol–water partition coefficient (Wildman–Crippen LogP) is 1.77. The van der Waals surface area contributed by atoms with E-state index in [1.54, 1.807) is 0 Å². The quantitative estimate of drug-likeness (QED) is 0.872. The van der Waals surface area contributed by atoms with Crippen LogP contribution >= 0.6 is 0 Å². The fraction of sp³-hybridized carbons (Fsp3) is 0.667. The summed E-state index contributed by atoms with van der Waals surface area (Å²) < 4.78 is 11.6. The summed E-state index contributed by atoms with van der Waals surface area (Å²) >= 11 is 0. The zero-order valence-electron chi connectivity index (χ0n) is 16.3. The number of fused-ring (bicyclic) bond motifs is 1. The van der Waals surface area contributed by atoms with E-state index < -0.39 is 0 Å². The molecule has 0 radical (unpaired) electrons. The summed E-state index contributed by atoms with van der Waals surface area (Å²) in [5.41, 5.74) is 2.53. The molecule has 6 nitrogen and oxygen atoms in total. The Balaban J connectivity index is 1.48. The van der Waals surface area contributed by atoms with E-state index in [-0.39, 0.29) is 11.9 Å². The van der Waals surface area contributed by atoms with Crippen molar-refractivity contribution in [2.24, 2.45) is 0 Å². The van der Waals surface area contributed by atoms with Crippen molar-refractivity contribution in [2.45, 2.75) is 51.4 Å². The van der Waals surface area contributed by atoms with Gasteiger partial charge in [-0.1, -0.05) is 13.0 Å². The Hall–Kier alpha value is -1.63. The van der Waals surface area contributed by atoms with Crippen molar-refractivity contribution >= 4 is 5.91 Å². The van der Waals surface area contributed by atoms with Gasteiger partial charge < -0.3 is 14.8 Å². The molecule has 2 saturated heterocycles. The van der Waals surface area contributed by atoms with Crippen molar-refractivity contribution in [1.29, 1.82) is 0 Å². The molecule has 0 saturated carbocycles. The molecular formula is C21H31N3O3. The van der Waals surface area contributed by atoms with Crippen LogP contribution in [-0.4, -0.2) is 67.2 Å². The van der Waals surface area contributed by atoms with Crippen molar-refractivity contribution in [3.8, 4) is 5.75 Å². The SMILES string of the molecule is CCC1C(=O)NCCN1Cc1ccc2c(c1)CN(C1CCOCC1)CCO2. The first-order valence-corrected chi connectivity index (χ1v) is 10.3. The number of nitrogens with one attached hydrogen (secondary N) is 1. The second kappa shape index (κ2) is 8.59. The van der Waals surface area contributed by atoms with Gasteiger partial charge in [0, 0.05) is 57.5 Å². The molecule has 0 aromatic heterocycles. The summed E-state index contributed by atoms with van der Waals surface area (Å²) in [5, 5.41) is 2.98. The lowest BCUT2D eigenvalue weighted by Crippen LogP contribution is -2.54. The van der Waals surface area contributed by atoms with Crippen LogP contribution in [0.5, 0.6) is 5.75 Å². The normalized spacial score (nSPS) is 25.4. The molecule has 3 heterocycles. The molecule has 0 spiro atoms. The number of nitrogens with zero attached hydrogens (tertiary/aromatic N) is 2. The third-order valence-corrected chi connectivity index (χ3v) is 6.06. The van der Waals surface area contributed by atoms with Crippen molar-refractivity contribution < 1.29 is 14.3 Å². The number of benzene rings is 1. The minimum atomic E-state index is -0.0208. The fourth-order valence-electron chi connectivity index (χ4n) is 4.56. The monoisotopic (exact) mass is 373 g/mol. The molecule has 1 atom stereocenters. The second-order valence-electron chi connectivity index (χ2n) is 7.79. The van der Waals surface area contributed by atoms with Crippen molar-refractivity contribution in [2.75, 3.05) is 39.5 Å². The second-order valence-corrected chi connectivity index (χ2v) is 7.79. The number of ether oxygens (including phenoxy) is 2. The first kappa shape index (κ1) is 18.7. The van der Waals surface area contributed by atoms with Gasteiger partial charge in [-0.2, -0.15) is 0 Å². The smallest absolute Gasteiger partial charge is 0.237 e. The number of carbonyl (C=O) groups is 1. The van der Waals surface area contributed by atoms with E-state index in [1.165, 1.54) is 11.1 Å². The summed E-state index contributed by atoms with van der Waals surface area (Å²) in [4.78, 5) is 17.0. The Bertz CT molecular complexity index is 660. The average Bonchev–Trinajstić information content (AvgIpc) is 2.91. The zero-order valence-corrected chi connectivity index (χ0v) is 16.3. The molecule has 1 aromatic rings. The van der Waals surface area contributed by atoms with Crippen LogP contribution in [0.2, 0.25) is 0 Å². The zero-order chi connectivity index (χ0) is 18.6. The Morgan fingerprint density at radius 1 is 1.19 bits per heavy atom. The van der Waals surface area contributed by atoms with Crippen LogP contribution in [-0.2, 0) is 22.6 Å². The van der Waals surface area contributed by atoms with Gasteiger partial charge in [-0.05, 0) is 37.0 Å². The number of amides is 1. The third-order valence-electron chi connectivity index (χ3n) is 6.06. The molecular weight excluding hydrogens is 342 g/mol. The molecule has 148 valence electrons. The maximum Gasteiger partial charge on any atom is 0.237 e. The van der Waals surface area contributed by atoms with E-state index in [4.69, 9.17) is 9.47 Å². The van der Waals surface area contributed by atoms with Crippen LogP contribution < -0.4 is 10.1 Å². The Morgan fingerprint density at radius 3 is 2.85 bits per heavy atom. The molecule has 0 bridgehead atoms. The summed E-state index contributed by atoms with van der Waals surface area (Å²) in [6, 6.07) is 7.12. The first-order valence-electron chi connectivity index (χ1n) is 10.3. The van der Waals surface area contributed by atoms with Crippen molar-refractivity contribution in [3.63, 3.8) is 0 Å². The molecule has 3 aliphatic rings. The standard InChI is InChI=1S/C21H31N3O3/c1-2-19-21(25)22-7-8-24(19)14-16-3-4-20-17(13-16)15-23(9-12-27-20)18-5-10-26-11-6-18/h3-4,13,18-19H,2,5-12,14-15H2,1H3,(H,22,25). The van der Waals surface area contributed by atoms with Gasteiger partial charge in [0.05, 0.1) is 6.04 Å². The van der Waals surface area contributed by atoms with Gasteiger partial charge in [-0.15, -0.1) is 0 Å². The number of carbonyl (C=O) groups excluding carboxylic acids is 1. The van der Waals surface area contributed by atoms with Gasteiger partial charge in [-0.3, -0.25) is 14.6 Å². The molecule has 3 aliphatic heterocycles. The fourth-order valence-corrected chi connectivity index (χ4v) is 4.56. The van der Waals surface area contributed by atoms with Crippen LogP contribution in [0, 0.1) is 0 Å². The van der Waals surface area contributed by atoms with E-state index in [9.17, 15) is 4.79 Å². The Labute approximate surface area is 161 Å². The highest BCUT2D eigenvalue weighted by molar-refractivity contribution is 5.82. The van der Waals surface area contributed by atoms with Crippen LogP contribution in [0.1, 0.15) is 37.3 Å². The summed E-state index contributed by atoms with van der Waals surface area (Å²) in [7, 11) is 0. The molecule has 1 amide bonds. The minimum Gasteiger partial charge on any atom is -0.492 e. The molecule has 1 unspecified atom stereocenters. The third kappa shape index (κ3) is 4.28. The Morgan fingerprint density at radius 2 is 2.04 bits per heavy atom. The predicted molar refractivity (Wildman–Crippen MR) is 104 cm³/mol. The van der Waals surface area contributed by atoms with Gasteiger partial charge in [0.2, 0.25) is 5.91 Å². The molecule has 2 fully saturated rings. The van der Waals surface area contributed by atoms with Crippen molar-refractivity contribution in [1.82, 2.24) is 15.1 Å². The van der Waals surface area contributed by atoms with Gasteiger partial charge in [0.15, 0.2) is 0 Å². The molecule has 6 heteroatoms. The van der Waals surface area contributed by atoms with Gasteiger partial charge in [0.1, 0.15) is 12.4 Å². The Kier molecular flexibility index (Phi) is 5.95. The van der Waals surface area contributed by atoms with Crippen molar-refractivity contribution in [3.05, 3.63) is 29.3 Å². The molecule has 27 heavy (non-hydrogen) atoms.